The average Bonchev–Trinajstić information content (AvgIpc) is 2.46. The Balaban J connectivity index is 2.57. The fourth-order valence-corrected chi connectivity index (χ4v) is 1.92. The standard InChI is InChI=1S/C15H24N2O3/c1-11(8-9-16)4-7-15(18)17-13-6-5-12(19-2)10-14(13)20-3/h5-6,10-11H,4,7-9,16H2,1-3H3,(H,17,18). The van der Waals surface area contributed by atoms with Gasteiger partial charge in [0.2, 0.25) is 5.91 Å². The Bertz CT molecular complexity index is 435. The maximum absolute atomic E-state index is 11.9. The predicted octanol–water partition coefficient (Wildman–Crippen LogP) is 2.41. The lowest BCUT2D eigenvalue weighted by molar-refractivity contribution is -0.116. The highest BCUT2D eigenvalue weighted by Crippen LogP contribution is 2.29. The van der Waals surface area contributed by atoms with Crippen molar-refractivity contribution in [3.8, 4) is 11.5 Å². The Morgan fingerprint density at radius 2 is 2.05 bits per heavy atom. The zero-order chi connectivity index (χ0) is 15.0. The fourth-order valence-electron chi connectivity index (χ4n) is 1.92. The lowest BCUT2D eigenvalue weighted by Gasteiger charge is -2.13. The number of benzene rings is 1. The number of hydrogen-bond donors (Lipinski definition) is 2. The molecular weight excluding hydrogens is 256 g/mol. The van der Waals surface area contributed by atoms with Crippen LogP contribution in [0.15, 0.2) is 18.2 Å². The average molecular weight is 280 g/mol. The van der Waals surface area contributed by atoms with Crippen LogP contribution in [0.4, 0.5) is 5.69 Å². The number of amides is 1. The number of carbonyl (C=O) groups is 1. The lowest BCUT2D eigenvalue weighted by Crippen LogP contribution is -2.14. The summed E-state index contributed by atoms with van der Waals surface area (Å²) in [6.07, 6.45) is 2.26. The summed E-state index contributed by atoms with van der Waals surface area (Å²) in [5.41, 5.74) is 6.15. The molecule has 1 aromatic carbocycles. The van der Waals surface area contributed by atoms with Crippen molar-refractivity contribution in [3.63, 3.8) is 0 Å². The number of nitrogens with two attached hydrogens (primary N) is 1. The summed E-state index contributed by atoms with van der Waals surface area (Å²) in [6, 6.07) is 5.31. The van der Waals surface area contributed by atoms with Gasteiger partial charge in [-0.1, -0.05) is 6.92 Å². The number of anilines is 1. The molecule has 0 fully saturated rings. The van der Waals surface area contributed by atoms with E-state index >= 15 is 0 Å². The van der Waals surface area contributed by atoms with Gasteiger partial charge in [-0.15, -0.1) is 0 Å². The Hall–Kier alpha value is -1.75. The van der Waals surface area contributed by atoms with Gasteiger partial charge in [-0.25, -0.2) is 0 Å². The summed E-state index contributed by atoms with van der Waals surface area (Å²) in [7, 11) is 3.15. The molecule has 0 saturated carbocycles. The van der Waals surface area contributed by atoms with Gasteiger partial charge in [0.15, 0.2) is 0 Å². The van der Waals surface area contributed by atoms with Crippen molar-refractivity contribution in [3.05, 3.63) is 18.2 Å². The second-order valence-corrected chi connectivity index (χ2v) is 4.84. The van der Waals surface area contributed by atoms with Crippen LogP contribution in [0.5, 0.6) is 11.5 Å². The van der Waals surface area contributed by atoms with Crippen molar-refractivity contribution in [1.82, 2.24) is 0 Å². The number of carbonyl (C=O) groups excluding carboxylic acids is 1. The molecule has 5 heteroatoms. The Labute approximate surface area is 120 Å². The molecule has 0 aromatic heterocycles. The van der Waals surface area contributed by atoms with E-state index in [-0.39, 0.29) is 5.91 Å². The number of rotatable bonds is 8. The summed E-state index contributed by atoms with van der Waals surface area (Å²) < 4.78 is 10.4. The molecule has 0 aliphatic carbocycles. The van der Waals surface area contributed by atoms with Crippen LogP contribution in [0.1, 0.15) is 26.2 Å². The van der Waals surface area contributed by atoms with Crippen molar-refractivity contribution in [2.45, 2.75) is 26.2 Å². The van der Waals surface area contributed by atoms with E-state index in [0.717, 1.165) is 12.8 Å². The van der Waals surface area contributed by atoms with E-state index in [9.17, 15) is 4.79 Å². The van der Waals surface area contributed by atoms with Crippen LogP contribution >= 0.6 is 0 Å². The molecule has 0 aliphatic heterocycles. The van der Waals surface area contributed by atoms with E-state index < -0.39 is 0 Å². The molecule has 20 heavy (non-hydrogen) atoms. The molecule has 5 nitrogen and oxygen atoms in total. The molecule has 0 radical (unpaired) electrons. The van der Waals surface area contributed by atoms with Gasteiger partial charge in [-0.05, 0) is 37.4 Å². The van der Waals surface area contributed by atoms with E-state index in [4.69, 9.17) is 15.2 Å². The smallest absolute Gasteiger partial charge is 0.224 e. The highest BCUT2D eigenvalue weighted by Gasteiger charge is 2.10. The van der Waals surface area contributed by atoms with Gasteiger partial charge in [0, 0.05) is 12.5 Å². The molecule has 1 amide bonds. The van der Waals surface area contributed by atoms with E-state index in [1.54, 1.807) is 32.4 Å². The molecular formula is C15H24N2O3. The second kappa shape index (κ2) is 8.43. The maximum Gasteiger partial charge on any atom is 0.224 e. The number of ether oxygens (including phenoxy) is 2. The number of methoxy groups -OCH3 is 2. The first-order valence-corrected chi connectivity index (χ1v) is 6.82. The minimum Gasteiger partial charge on any atom is -0.497 e. The largest absolute Gasteiger partial charge is 0.497 e. The normalized spacial score (nSPS) is 11.8. The minimum absolute atomic E-state index is 0.0164. The van der Waals surface area contributed by atoms with Crippen LogP contribution in [0, 0.1) is 5.92 Å². The molecule has 3 N–H and O–H groups in total. The van der Waals surface area contributed by atoms with Gasteiger partial charge in [-0.2, -0.15) is 0 Å². The number of nitrogens with one attached hydrogen (secondary N) is 1. The van der Waals surface area contributed by atoms with Crippen molar-refractivity contribution < 1.29 is 14.3 Å². The van der Waals surface area contributed by atoms with E-state index in [2.05, 4.69) is 12.2 Å². The molecule has 0 saturated heterocycles. The van der Waals surface area contributed by atoms with E-state index in [1.807, 2.05) is 0 Å². The molecule has 112 valence electrons. The van der Waals surface area contributed by atoms with Crippen LogP contribution in [-0.4, -0.2) is 26.7 Å². The van der Waals surface area contributed by atoms with Gasteiger partial charge in [0.1, 0.15) is 11.5 Å². The zero-order valence-corrected chi connectivity index (χ0v) is 12.4. The van der Waals surface area contributed by atoms with Gasteiger partial charge >= 0.3 is 0 Å². The summed E-state index contributed by atoms with van der Waals surface area (Å²) in [5, 5.41) is 2.86. The first kappa shape index (κ1) is 16.3. The van der Waals surface area contributed by atoms with Crippen molar-refractivity contribution >= 4 is 11.6 Å². The highest BCUT2D eigenvalue weighted by atomic mass is 16.5. The monoisotopic (exact) mass is 280 g/mol. The molecule has 0 spiro atoms. The second-order valence-electron chi connectivity index (χ2n) is 4.84. The van der Waals surface area contributed by atoms with E-state index in [0.29, 0.717) is 36.1 Å². The molecule has 1 rings (SSSR count). The molecule has 1 atom stereocenters. The third-order valence-corrected chi connectivity index (χ3v) is 3.21. The van der Waals surface area contributed by atoms with Gasteiger partial charge in [-0.3, -0.25) is 4.79 Å². The quantitative estimate of drug-likeness (QED) is 0.767. The first-order chi connectivity index (χ1) is 9.60. The minimum atomic E-state index is -0.0164. The summed E-state index contributed by atoms with van der Waals surface area (Å²) in [4.78, 5) is 11.9. The molecule has 1 unspecified atom stereocenters. The topological polar surface area (TPSA) is 73.6 Å². The lowest BCUT2D eigenvalue weighted by atomic mass is 10.0. The van der Waals surface area contributed by atoms with Crippen LogP contribution in [0.2, 0.25) is 0 Å². The van der Waals surface area contributed by atoms with Crippen LogP contribution < -0.4 is 20.5 Å². The third-order valence-electron chi connectivity index (χ3n) is 3.21. The van der Waals surface area contributed by atoms with Gasteiger partial charge in [0.25, 0.3) is 0 Å². The van der Waals surface area contributed by atoms with Crippen molar-refractivity contribution in [2.24, 2.45) is 11.7 Å². The van der Waals surface area contributed by atoms with Crippen LogP contribution in [-0.2, 0) is 4.79 Å². The number of hydrogen-bond acceptors (Lipinski definition) is 4. The first-order valence-electron chi connectivity index (χ1n) is 6.82. The molecule has 1 aromatic rings. The third kappa shape index (κ3) is 5.09. The summed E-state index contributed by atoms with van der Waals surface area (Å²) >= 11 is 0. The molecule has 0 aliphatic rings. The Morgan fingerprint density at radius 1 is 1.30 bits per heavy atom. The summed E-state index contributed by atoms with van der Waals surface area (Å²) in [5.74, 6) is 1.73. The molecule has 0 heterocycles. The van der Waals surface area contributed by atoms with Crippen molar-refractivity contribution in [2.75, 3.05) is 26.1 Å². The maximum atomic E-state index is 11.9. The fraction of sp³-hybridized carbons (Fsp3) is 0.533. The zero-order valence-electron chi connectivity index (χ0n) is 12.4. The molecule has 0 bridgehead atoms. The highest BCUT2D eigenvalue weighted by molar-refractivity contribution is 5.92. The summed E-state index contributed by atoms with van der Waals surface area (Å²) in [6.45, 7) is 2.77. The van der Waals surface area contributed by atoms with Gasteiger partial charge in [0.05, 0.1) is 19.9 Å². The Kier molecular flexibility index (Phi) is 6.87. The van der Waals surface area contributed by atoms with Crippen LogP contribution in [0.25, 0.3) is 0 Å². The SMILES string of the molecule is COc1ccc(NC(=O)CCC(C)CCN)c(OC)c1. The Morgan fingerprint density at radius 3 is 2.65 bits per heavy atom. The predicted molar refractivity (Wildman–Crippen MR) is 80.2 cm³/mol. The van der Waals surface area contributed by atoms with Gasteiger partial charge < -0.3 is 20.5 Å². The van der Waals surface area contributed by atoms with E-state index in [1.165, 1.54) is 0 Å². The van der Waals surface area contributed by atoms with Crippen molar-refractivity contribution in [1.29, 1.82) is 0 Å². The van der Waals surface area contributed by atoms with Crippen LogP contribution in [0.3, 0.4) is 0 Å².